The molecule has 0 radical (unpaired) electrons. The fourth-order valence-corrected chi connectivity index (χ4v) is 7.49. The Morgan fingerprint density at radius 1 is 0.265 bits per heavy atom. The van der Waals surface area contributed by atoms with Crippen molar-refractivity contribution in [2.75, 3.05) is 6.61 Å². The van der Waals surface area contributed by atoms with Gasteiger partial charge < -0.3 is 4.74 Å². The zero-order valence-electron chi connectivity index (χ0n) is 34.4. The predicted molar refractivity (Wildman–Crippen MR) is 221 cm³/mol. The minimum Gasteiger partial charge on any atom is -0.466 e. The molecule has 2 heteroatoms. The molecule has 0 aliphatic rings. The third kappa shape index (κ3) is 45.4. The minimum absolute atomic E-state index is 0.0301. The first kappa shape index (κ1) is 48.5. The van der Waals surface area contributed by atoms with Crippen molar-refractivity contribution in [1.82, 2.24) is 0 Å². The van der Waals surface area contributed by atoms with Crippen molar-refractivity contribution in [2.24, 2.45) is 0 Å². The lowest BCUT2D eigenvalue weighted by molar-refractivity contribution is -0.143. The molecule has 49 heavy (non-hydrogen) atoms. The van der Waals surface area contributed by atoms with Gasteiger partial charge in [0.1, 0.15) is 0 Å². The molecule has 0 saturated carbocycles. The Morgan fingerprint density at radius 2 is 0.449 bits per heavy atom. The second-order valence-electron chi connectivity index (χ2n) is 16.1. The summed E-state index contributed by atoms with van der Waals surface area (Å²) in [5.41, 5.74) is 0. The maximum atomic E-state index is 12.0. The van der Waals surface area contributed by atoms with Gasteiger partial charge in [0.25, 0.3) is 0 Å². The van der Waals surface area contributed by atoms with E-state index in [0.29, 0.717) is 13.0 Å². The maximum Gasteiger partial charge on any atom is 0.305 e. The largest absolute Gasteiger partial charge is 0.466 e. The molecule has 0 saturated heterocycles. The highest BCUT2D eigenvalue weighted by molar-refractivity contribution is 5.69. The summed E-state index contributed by atoms with van der Waals surface area (Å²) in [6.07, 6.45) is 59.5. The molecular formula is C47H94O2. The van der Waals surface area contributed by atoms with Gasteiger partial charge in [0.15, 0.2) is 0 Å². The highest BCUT2D eigenvalue weighted by atomic mass is 16.5. The lowest BCUT2D eigenvalue weighted by Crippen LogP contribution is -2.05. The van der Waals surface area contributed by atoms with Crippen molar-refractivity contribution >= 4 is 5.97 Å². The van der Waals surface area contributed by atoms with Gasteiger partial charge in [-0.25, -0.2) is 0 Å². The van der Waals surface area contributed by atoms with Crippen LogP contribution >= 0.6 is 0 Å². The van der Waals surface area contributed by atoms with Gasteiger partial charge in [-0.1, -0.05) is 271 Å². The molecule has 0 aromatic carbocycles. The molecule has 0 heterocycles. The number of carbonyl (C=O) groups is 1. The van der Waals surface area contributed by atoms with E-state index in [1.165, 1.54) is 257 Å². The summed E-state index contributed by atoms with van der Waals surface area (Å²) in [6, 6.07) is 0. The van der Waals surface area contributed by atoms with E-state index in [2.05, 4.69) is 13.8 Å². The van der Waals surface area contributed by atoms with Gasteiger partial charge in [-0.15, -0.1) is 0 Å². The monoisotopic (exact) mass is 691 g/mol. The molecule has 0 atom stereocenters. The molecule has 0 N–H and O–H groups in total. The molecule has 0 rings (SSSR count). The molecule has 0 aromatic heterocycles. The summed E-state index contributed by atoms with van der Waals surface area (Å²) in [5.74, 6) is 0.0301. The van der Waals surface area contributed by atoms with Gasteiger partial charge in [-0.3, -0.25) is 4.79 Å². The number of rotatable bonds is 44. The normalized spacial score (nSPS) is 11.5. The Morgan fingerprint density at radius 3 is 0.673 bits per heavy atom. The van der Waals surface area contributed by atoms with Crippen LogP contribution in [0.5, 0.6) is 0 Å². The summed E-state index contributed by atoms with van der Waals surface area (Å²) < 4.78 is 5.45. The van der Waals surface area contributed by atoms with Gasteiger partial charge in [0.2, 0.25) is 0 Å². The maximum absolute atomic E-state index is 12.0. The summed E-state index contributed by atoms with van der Waals surface area (Å²) in [6.45, 7) is 5.22. The van der Waals surface area contributed by atoms with Crippen molar-refractivity contribution in [3.8, 4) is 0 Å². The van der Waals surface area contributed by atoms with E-state index in [1.807, 2.05) is 0 Å². The van der Waals surface area contributed by atoms with Crippen molar-refractivity contribution in [3.05, 3.63) is 0 Å². The number of unbranched alkanes of at least 4 members (excludes halogenated alkanes) is 40. The average molecular weight is 691 g/mol. The van der Waals surface area contributed by atoms with Crippen LogP contribution in [0.2, 0.25) is 0 Å². The van der Waals surface area contributed by atoms with Crippen molar-refractivity contribution < 1.29 is 9.53 Å². The number of hydrogen-bond acceptors (Lipinski definition) is 2. The molecule has 294 valence electrons. The number of esters is 1. The first-order valence-corrected chi connectivity index (χ1v) is 23.5. The van der Waals surface area contributed by atoms with Gasteiger partial charge in [-0.05, 0) is 12.8 Å². The third-order valence-corrected chi connectivity index (χ3v) is 11.0. The van der Waals surface area contributed by atoms with E-state index in [9.17, 15) is 4.79 Å². The van der Waals surface area contributed by atoms with Gasteiger partial charge in [0.05, 0.1) is 6.61 Å². The molecule has 0 bridgehead atoms. The first-order valence-electron chi connectivity index (χ1n) is 23.5. The zero-order chi connectivity index (χ0) is 35.4. The topological polar surface area (TPSA) is 26.3 Å². The van der Waals surface area contributed by atoms with Crippen LogP contribution in [0.1, 0.15) is 290 Å². The highest BCUT2D eigenvalue weighted by Crippen LogP contribution is 2.17. The van der Waals surface area contributed by atoms with E-state index in [0.717, 1.165) is 12.8 Å². The number of hydrogen-bond donors (Lipinski definition) is 0. The first-order chi connectivity index (χ1) is 24.3. The molecular weight excluding hydrogens is 597 g/mol. The van der Waals surface area contributed by atoms with Crippen molar-refractivity contribution in [1.29, 1.82) is 0 Å². The Kier molecular flexibility index (Phi) is 45.0. The molecule has 0 aliphatic heterocycles. The molecule has 0 aliphatic carbocycles. The van der Waals surface area contributed by atoms with Crippen LogP contribution in [0.4, 0.5) is 0 Å². The van der Waals surface area contributed by atoms with Crippen LogP contribution in [0.3, 0.4) is 0 Å². The second-order valence-corrected chi connectivity index (χ2v) is 16.1. The van der Waals surface area contributed by atoms with Crippen LogP contribution in [-0.4, -0.2) is 12.6 Å². The second kappa shape index (κ2) is 45.5. The highest BCUT2D eigenvalue weighted by Gasteiger charge is 2.03. The number of carbonyl (C=O) groups excluding carboxylic acids is 1. The van der Waals surface area contributed by atoms with E-state index >= 15 is 0 Å². The van der Waals surface area contributed by atoms with Crippen molar-refractivity contribution in [3.63, 3.8) is 0 Å². The molecule has 0 unspecified atom stereocenters. The van der Waals surface area contributed by atoms with Gasteiger partial charge >= 0.3 is 5.97 Å². The SMILES string of the molecule is CCCCCCCCCCCCCCCCCCCCCCCCCCCCCCCCCC(=O)OCCCCCCCCCCCCC. The van der Waals surface area contributed by atoms with Gasteiger partial charge in [-0.2, -0.15) is 0 Å². The molecule has 0 fully saturated rings. The summed E-state index contributed by atoms with van der Waals surface area (Å²) in [5, 5.41) is 0. The lowest BCUT2D eigenvalue weighted by Gasteiger charge is -2.06. The zero-order valence-corrected chi connectivity index (χ0v) is 34.4. The van der Waals surface area contributed by atoms with Crippen LogP contribution in [0.15, 0.2) is 0 Å². The standard InChI is InChI=1S/C47H94O2/c1-3-5-7-9-11-13-15-16-17-18-19-20-21-22-23-24-25-26-27-28-29-30-31-32-33-34-35-37-39-41-43-45-47(48)49-46-44-42-40-38-36-14-12-10-8-6-4-2/h3-46H2,1-2H3. The van der Waals surface area contributed by atoms with Crippen LogP contribution < -0.4 is 0 Å². The van der Waals surface area contributed by atoms with Crippen molar-refractivity contribution in [2.45, 2.75) is 290 Å². The fraction of sp³-hybridized carbons (Fsp3) is 0.979. The average Bonchev–Trinajstić information content (AvgIpc) is 3.11. The molecule has 2 nitrogen and oxygen atoms in total. The van der Waals surface area contributed by atoms with Crippen LogP contribution in [-0.2, 0) is 9.53 Å². The van der Waals surface area contributed by atoms with E-state index in [-0.39, 0.29) is 5.97 Å². The summed E-state index contributed by atoms with van der Waals surface area (Å²) >= 11 is 0. The lowest BCUT2D eigenvalue weighted by atomic mass is 10.0. The predicted octanol–water partition coefficient (Wildman–Crippen LogP) is 17.3. The van der Waals surface area contributed by atoms with Gasteiger partial charge in [0, 0.05) is 6.42 Å². The van der Waals surface area contributed by atoms with E-state index < -0.39 is 0 Å². The number of ether oxygens (including phenoxy) is 1. The van der Waals surface area contributed by atoms with E-state index in [1.54, 1.807) is 0 Å². The Labute approximate surface area is 311 Å². The molecule has 0 amide bonds. The third-order valence-electron chi connectivity index (χ3n) is 11.0. The smallest absolute Gasteiger partial charge is 0.305 e. The summed E-state index contributed by atoms with van der Waals surface area (Å²) in [4.78, 5) is 12.0. The van der Waals surface area contributed by atoms with Crippen LogP contribution in [0.25, 0.3) is 0 Å². The molecule has 0 spiro atoms. The van der Waals surface area contributed by atoms with E-state index in [4.69, 9.17) is 4.74 Å². The molecule has 0 aromatic rings. The minimum atomic E-state index is 0.0301. The Balaban J connectivity index is 3.12. The summed E-state index contributed by atoms with van der Waals surface area (Å²) in [7, 11) is 0. The Hall–Kier alpha value is -0.530. The Bertz CT molecular complexity index is 587. The van der Waals surface area contributed by atoms with Crippen LogP contribution in [0, 0.1) is 0 Å². The quantitative estimate of drug-likeness (QED) is 0.0470. The fourth-order valence-electron chi connectivity index (χ4n) is 7.49.